The molecule has 1 aliphatic carbocycles. The number of thiophene rings is 1. The molecule has 0 radical (unpaired) electrons. The minimum absolute atomic E-state index is 0.145. The van der Waals surface area contributed by atoms with Gasteiger partial charge in [0.15, 0.2) is 10.9 Å². The van der Waals surface area contributed by atoms with Gasteiger partial charge in [0.25, 0.3) is 11.5 Å². The molecule has 1 unspecified atom stereocenters. The molecule has 0 saturated heterocycles. The lowest BCUT2D eigenvalue weighted by Crippen LogP contribution is -2.58. The molecule has 0 fully saturated rings. The number of aryl methyl sites for hydroxylation is 2. The van der Waals surface area contributed by atoms with Gasteiger partial charge in [-0.25, -0.2) is 9.99 Å². The Bertz CT molecular complexity index is 1550. The smallest absolute Gasteiger partial charge is 0.282 e. The van der Waals surface area contributed by atoms with Crippen molar-refractivity contribution in [3.05, 3.63) is 55.1 Å². The van der Waals surface area contributed by atoms with Gasteiger partial charge < -0.3 is 15.7 Å². The van der Waals surface area contributed by atoms with Crippen molar-refractivity contribution in [2.45, 2.75) is 50.4 Å². The molecule has 4 aromatic rings. The first-order valence-electron chi connectivity index (χ1n) is 12.7. The van der Waals surface area contributed by atoms with Crippen molar-refractivity contribution < 1.29 is 5.11 Å². The lowest BCUT2D eigenvalue weighted by Gasteiger charge is -2.43. The van der Waals surface area contributed by atoms with Gasteiger partial charge in [-0.05, 0) is 57.2 Å². The molecule has 1 aromatic carbocycles. The van der Waals surface area contributed by atoms with Crippen molar-refractivity contribution in [2.75, 3.05) is 34.5 Å². The summed E-state index contributed by atoms with van der Waals surface area (Å²) < 4.78 is 2.34. The zero-order valence-corrected chi connectivity index (χ0v) is 24.2. The third-order valence-corrected chi connectivity index (χ3v) is 9.46. The summed E-state index contributed by atoms with van der Waals surface area (Å²) in [6.45, 7) is 5.10. The lowest BCUT2D eigenvalue weighted by atomic mass is 9.97. The lowest BCUT2D eigenvalue weighted by molar-refractivity contribution is 0.0384. The monoisotopic (exact) mass is 614 g/mol. The van der Waals surface area contributed by atoms with Crippen LogP contribution in [-0.2, 0) is 18.6 Å². The number of hydrogen-bond donors (Lipinski definition) is 3. The predicted octanol–water partition coefficient (Wildman–Crippen LogP) is 4.37. The first kappa shape index (κ1) is 25.5. The summed E-state index contributed by atoms with van der Waals surface area (Å²) in [4.78, 5) is 35.0. The summed E-state index contributed by atoms with van der Waals surface area (Å²) in [5, 5.41) is 21.3. The molecule has 1 atom stereocenters. The second kappa shape index (κ2) is 10.1. The number of fused-ring (bicyclic) bond motifs is 4. The van der Waals surface area contributed by atoms with Crippen LogP contribution in [0.3, 0.4) is 0 Å². The highest BCUT2D eigenvalue weighted by Crippen LogP contribution is 2.42. The first-order chi connectivity index (χ1) is 18.4. The fraction of sp³-hybridized carbons (Fsp3) is 0.400. The van der Waals surface area contributed by atoms with Gasteiger partial charge in [-0.2, -0.15) is 19.6 Å². The van der Waals surface area contributed by atoms with Crippen LogP contribution < -0.4 is 21.2 Å². The van der Waals surface area contributed by atoms with Crippen molar-refractivity contribution in [1.29, 1.82) is 0 Å². The molecule has 4 heterocycles. The van der Waals surface area contributed by atoms with E-state index in [1.165, 1.54) is 26.3 Å². The van der Waals surface area contributed by atoms with Crippen molar-refractivity contribution >= 4 is 67.1 Å². The van der Waals surface area contributed by atoms with Crippen LogP contribution >= 0.6 is 39.0 Å². The molecule has 3 N–H and O–H groups in total. The molecular formula is C25H27BrN8O2S2. The largest absolute Gasteiger partial charge is 0.365 e. The molecule has 3 aromatic heterocycles. The molecule has 0 saturated carbocycles. The molecule has 198 valence electrons. The van der Waals surface area contributed by atoms with E-state index in [9.17, 15) is 9.90 Å². The molecule has 2 aliphatic rings. The standard InChI is InChI=1S/C25H27BrN8O2S2/c1-3-27-21-30-22(28-4-2)32-23(31-21)34-25(36,14-9-11-15(26)12-10-14)13-37-24-29-19-18(20(35)33(24)34)16-7-5-6-8-17(16)38-19/h9-12,36H,3-8,13H2,1-2H3,(H2,27,28,30,31,32). The molecular weight excluding hydrogens is 588 g/mol. The van der Waals surface area contributed by atoms with Crippen LogP contribution in [-0.4, -0.2) is 48.6 Å². The zero-order chi connectivity index (χ0) is 26.4. The van der Waals surface area contributed by atoms with Crippen LogP contribution in [0.5, 0.6) is 0 Å². The van der Waals surface area contributed by atoms with Gasteiger partial charge in [-0.15, -0.1) is 11.3 Å². The van der Waals surface area contributed by atoms with E-state index in [2.05, 4.69) is 41.5 Å². The molecule has 38 heavy (non-hydrogen) atoms. The van der Waals surface area contributed by atoms with E-state index in [-0.39, 0.29) is 17.3 Å². The Hall–Kier alpha value is -2.74. The quantitative estimate of drug-likeness (QED) is 0.270. The van der Waals surface area contributed by atoms with E-state index in [0.717, 1.165) is 40.5 Å². The Morgan fingerprint density at radius 3 is 2.39 bits per heavy atom. The average molecular weight is 616 g/mol. The average Bonchev–Trinajstić information content (AvgIpc) is 3.28. The maximum Gasteiger partial charge on any atom is 0.282 e. The number of thioether (sulfide) groups is 1. The summed E-state index contributed by atoms with van der Waals surface area (Å²) in [7, 11) is 0. The SMILES string of the molecule is CCNc1nc(NCC)nc(N2n3c(nc4sc5c(c4c3=O)CCCC5)SCC2(O)c2ccc(Br)cc2)n1. The number of nitrogens with one attached hydrogen (secondary N) is 2. The van der Waals surface area contributed by atoms with Crippen LogP contribution in [0.25, 0.3) is 10.2 Å². The maximum atomic E-state index is 14.3. The van der Waals surface area contributed by atoms with Gasteiger partial charge in [-0.3, -0.25) is 4.79 Å². The van der Waals surface area contributed by atoms with Crippen molar-refractivity contribution in [2.24, 2.45) is 0 Å². The summed E-state index contributed by atoms with van der Waals surface area (Å²) >= 11 is 6.45. The number of benzene rings is 1. The maximum absolute atomic E-state index is 14.3. The minimum atomic E-state index is -1.64. The summed E-state index contributed by atoms with van der Waals surface area (Å²) in [6.07, 6.45) is 4.00. The zero-order valence-electron chi connectivity index (χ0n) is 21.0. The molecule has 0 spiro atoms. The molecule has 0 bridgehead atoms. The Labute approximate surface area is 236 Å². The number of anilines is 3. The third kappa shape index (κ3) is 4.25. The van der Waals surface area contributed by atoms with Crippen molar-refractivity contribution in [1.82, 2.24) is 24.6 Å². The van der Waals surface area contributed by atoms with E-state index in [1.54, 1.807) is 11.3 Å². The van der Waals surface area contributed by atoms with Crippen LogP contribution in [0.15, 0.2) is 38.7 Å². The Morgan fingerprint density at radius 2 is 1.71 bits per heavy atom. The Balaban J connectivity index is 1.64. The second-order valence-electron chi connectivity index (χ2n) is 9.17. The minimum Gasteiger partial charge on any atom is -0.365 e. The van der Waals surface area contributed by atoms with Crippen molar-refractivity contribution in [3.8, 4) is 0 Å². The predicted molar refractivity (Wildman–Crippen MR) is 155 cm³/mol. The summed E-state index contributed by atoms with van der Waals surface area (Å²) in [5.74, 6) is 1.06. The van der Waals surface area contributed by atoms with Crippen LogP contribution in [0, 0.1) is 0 Å². The molecule has 10 nitrogen and oxygen atoms in total. The summed E-state index contributed by atoms with van der Waals surface area (Å²) in [5.41, 5.74) is -0.165. The van der Waals surface area contributed by atoms with Gasteiger partial charge in [0.05, 0.1) is 11.1 Å². The van der Waals surface area contributed by atoms with E-state index >= 15 is 0 Å². The van der Waals surface area contributed by atoms with Gasteiger partial charge in [-0.1, -0.05) is 39.8 Å². The highest BCUT2D eigenvalue weighted by Gasteiger charge is 2.46. The molecule has 0 amide bonds. The van der Waals surface area contributed by atoms with E-state index in [1.807, 2.05) is 38.1 Å². The van der Waals surface area contributed by atoms with Gasteiger partial charge in [0.2, 0.25) is 11.9 Å². The van der Waals surface area contributed by atoms with Crippen molar-refractivity contribution in [3.63, 3.8) is 0 Å². The van der Waals surface area contributed by atoms with Gasteiger partial charge in [0.1, 0.15) is 4.83 Å². The van der Waals surface area contributed by atoms with Crippen LogP contribution in [0.4, 0.5) is 17.8 Å². The molecule has 13 heteroatoms. The molecule has 1 aliphatic heterocycles. The van der Waals surface area contributed by atoms with E-state index < -0.39 is 5.72 Å². The van der Waals surface area contributed by atoms with E-state index in [4.69, 9.17) is 4.98 Å². The molecule has 6 rings (SSSR count). The fourth-order valence-corrected chi connectivity index (χ4v) is 7.59. The topological polar surface area (TPSA) is 121 Å². The summed E-state index contributed by atoms with van der Waals surface area (Å²) in [6, 6.07) is 7.41. The van der Waals surface area contributed by atoms with Crippen LogP contribution in [0.1, 0.15) is 42.7 Å². The third-order valence-electron chi connectivity index (χ3n) is 6.68. The van der Waals surface area contributed by atoms with Gasteiger partial charge in [0, 0.05) is 28.0 Å². The number of aromatic nitrogens is 5. The highest BCUT2D eigenvalue weighted by molar-refractivity contribution is 9.10. The normalized spacial score (nSPS) is 18.8. The van der Waals surface area contributed by atoms with Crippen LogP contribution in [0.2, 0.25) is 0 Å². The number of hydrogen-bond acceptors (Lipinski definition) is 11. The first-order valence-corrected chi connectivity index (χ1v) is 15.2. The second-order valence-corrected chi connectivity index (χ2v) is 12.1. The number of rotatable bonds is 6. The Morgan fingerprint density at radius 1 is 1.03 bits per heavy atom. The fourth-order valence-electron chi connectivity index (χ4n) is 4.95. The van der Waals surface area contributed by atoms with Gasteiger partial charge >= 0.3 is 0 Å². The highest BCUT2D eigenvalue weighted by atomic mass is 79.9. The van der Waals surface area contributed by atoms with E-state index in [0.29, 0.717) is 41.1 Å². The number of aliphatic hydroxyl groups is 1. The Kier molecular flexibility index (Phi) is 6.79. The number of nitrogens with zero attached hydrogens (tertiary/aromatic N) is 6. The number of halogens is 1.